The van der Waals surface area contributed by atoms with Crippen molar-refractivity contribution in [2.24, 2.45) is 5.10 Å². The van der Waals surface area contributed by atoms with E-state index in [0.717, 1.165) is 28.2 Å². The second kappa shape index (κ2) is 10.3. The highest BCUT2D eigenvalue weighted by Gasteiger charge is 2.14. The molecule has 0 saturated heterocycles. The van der Waals surface area contributed by atoms with Gasteiger partial charge in [0.05, 0.1) is 24.0 Å². The summed E-state index contributed by atoms with van der Waals surface area (Å²) >= 11 is 12.3. The van der Waals surface area contributed by atoms with E-state index in [1.165, 1.54) is 6.21 Å². The highest BCUT2D eigenvalue weighted by Crippen LogP contribution is 2.28. The Morgan fingerprint density at radius 2 is 1.78 bits per heavy atom. The van der Waals surface area contributed by atoms with E-state index in [2.05, 4.69) is 15.8 Å². The second-order valence-electron chi connectivity index (χ2n) is 6.99. The fourth-order valence-corrected chi connectivity index (χ4v) is 3.66. The first kappa shape index (κ1) is 23.4. The molecule has 0 bridgehead atoms. The molecular formula is C23H22Cl2N4O3. The third-order valence-corrected chi connectivity index (χ3v) is 5.35. The monoisotopic (exact) mass is 472 g/mol. The normalized spacial score (nSPS) is 10.9. The van der Waals surface area contributed by atoms with Gasteiger partial charge in [0.1, 0.15) is 5.75 Å². The molecule has 3 rings (SSSR count). The van der Waals surface area contributed by atoms with Crippen molar-refractivity contribution < 1.29 is 14.3 Å². The fraction of sp³-hybridized carbons (Fsp3) is 0.174. The van der Waals surface area contributed by atoms with Gasteiger partial charge in [-0.25, -0.2) is 5.43 Å². The molecule has 0 atom stereocenters. The molecule has 2 amide bonds. The Hall–Kier alpha value is -3.29. The van der Waals surface area contributed by atoms with E-state index in [4.69, 9.17) is 27.9 Å². The van der Waals surface area contributed by atoms with E-state index in [-0.39, 0.29) is 6.54 Å². The Morgan fingerprint density at radius 1 is 1.06 bits per heavy atom. The minimum atomic E-state index is -0.857. The number of halogens is 2. The fourth-order valence-electron chi connectivity index (χ4n) is 3.17. The van der Waals surface area contributed by atoms with Crippen LogP contribution in [-0.2, 0) is 16.1 Å². The van der Waals surface area contributed by atoms with Crippen LogP contribution in [0, 0.1) is 13.8 Å². The zero-order chi connectivity index (χ0) is 23.3. The molecule has 0 radical (unpaired) electrons. The first-order chi connectivity index (χ1) is 15.3. The second-order valence-corrected chi connectivity index (χ2v) is 7.83. The lowest BCUT2D eigenvalue weighted by Crippen LogP contribution is -2.37. The van der Waals surface area contributed by atoms with Crippen LogP contribution in [0.1, 0.15) is 22.5 Å². The minimum absolute atomic E-state index is 0.211. The molecule has 1 aromatic heterocycles. The first-order valence-corrected chi connectivity index (χ1v) is 10.4. The van der Waals surface area contributed by atoms with Gasteiger partial charge in [-0.2, -0.15) is 5.10 Å². The molecule has 3 aromatic rings. The summed E-state index contributed by atoms with van der Waals surface area (Å²) in [6.45, 7) is 4.05. The van der Waals surface area contributed by atoms with Gasteiger partial charge >= 0.3 is 11.8 Å². The highest BCUT2D eigenvalue weighted by molar-refractivity contribution is 6.36. The van der Waals surface area contributed by atoms with Crippen LogP contribution in [0.25, 0.3) is 5.69 Å². The number of aromatic nitrogens is 1. The number of carbonyl (C=O) groups excluding carboxylic acids is 2. The van der Waals surface area contributed by atoms with E-state index < -0.39 is 11.8 Å². The molecule has 1 heterocycles. The van der Waals surface area contributed by atoms with E-state index in [1.54, 1.807) is 43.5 Å². The SMILES string of the molecule is COc1ccc(CNC(=O)C(=O)N/N=C\c2cc(C)n(-c3ccc(Cl)cc3Cl)c2C)cc1. The lowest BCUT2D eigenvalue weighted by molar-refractivity contribution is -0.139. The van der Waals surface area contributed by atoms with Gasteiger partial charge in [-0.15, -0.1) is 0 Å². The summed E-state index contributed by atoms with van der Waals surface area (Å²) in [7, 11) is 1.58. The Labute approximate surface area is 196 Å². The van der Waals surface area contributed by atoms with E-state index in [9.17, 15) is 9.59 Å². The molecule has 0 spiro atoms. The summed E-state index contributed by atoms with van der Waals surface area (Å²) in [6.07, 6.45) is 1.48. The van der Waals surface area contributed by atoms with Crippen molar-refractivity contribution in [3.8, 4) is 11.4 Å². The van der Waals surface area contributed by atoms with Crippen molar-refractivity contribution >= 4 is 41.2 Å². The topological polar surface area (TPSA) is 84.7 Å². The largest absolute Gasteiger partial charge is 0.497 e. The van der Waals surface area contributed by atoms with Gasteiger partial charge in [0.25, 0.3) is 0 Å². The standard InChI is InChI=1S/C23H22Cl2N4O3/c1-14-10-17(15(2)29(14)21-9-6-18(24)11-20(21)25)13-27-28-23(31)22(30)26-12-16-4-7-19(32-3)8-5-16/h4-11,13H,12H2,1-3H3,(H,26,30)(H,28,31)/b27-13-. The number of rotatable bonds is 6. The molecule has 0 fully saturated rings. The summed E-state index contributed by atoms with van der Waals surface area (Å²) in [5.41, 5.74) is 6.43. The Balaban J connectivity index is 1.61. The van der Waals surface area contributed by atoms with Crippen molar-refractivity contribution in [1.82, 2.24) is 15.3 Å². The predicted molar refractivity (Wildman–Crippen MR) is 126 cm³/mol. The minimum Gasteiger partial charge on any atom is -0.497 e. The molecular weight excluding hydrogens is 451 g/mol. The van der Waals surface area contributed by atoms with Crippen molar-refractivity contribution in [3.05, 3.63) is 81.1 Å². The summed E-state index contributed by atoms with van der Waals surface area (Å²) < 4.78 is 7.05. The third kappa shape index (κ3) is 5.49. The number of hydrogen-bond acceptors (Lipinski definition) is 4. The molecule has 32 heavy (non-hydrogen) atoms. The molecule has 9 heteroatoms. The summed E-state index contributed by atoms with van der Waals surface area (Å²) in [4.78, 5) is 24.0. The van der Waals surface area contributed by atoms with Crippen LogP contribution in [0.5, 0.6) is 5.75 Å². The van der Waals surface area contributed by atoms with Gasteiger partial charge in [0.2, 0.25) is 0 Å². The molecule has 166 valence electrons. The number of carbonyl (C=O) groups is 2. The first-order valence-electron chi connectivity index (χ1n) is 9.68. The van der Waals surface area contributed by atoms with Crippen LogP contribution in [0.4, 0.5) is 0 Å². The molecule has 2 aromatic carbocycles. The summed E-state index contributed by atoms with van der Waals surface area (Å²) in [6, 6.07) is 14.3. The molecule has 0 aliphatic heterocycles. The number of aryl methyl sites for hydroxylation is 1. The average Bonchev–Trinajstić information content (AvgIpc) is 3.05. The Morgan fingerprint density at radius 3 is 2.44 bits per heavy atom. The number of hydrazone groups is 1. The van der Waals surface area contributed by atoms with Crippen molar-refractivity contribution in [1.29, 1.82) is 0 Å². The van der Waals surface area contributed by atoms with Crippen LogP contribution in [0.3, 0.4) is 0 Å². The van der Waals surface area contributed by atoms with E-state index in [1.807, 2.05) is 30.5 Å². The number of amides is 2. The van der Waals surface area contributed by atoms with Gasteiger partial charge in [0, 0.05) is 28.5 Å². The van der Waals surface area contributed by atoms with Gasteiger partial charge in [-0.1, -0.05) is 35.3 Å². The molecule has 7 nitrogen and oxygen atoms in total. The van der Waals surface area contributed by atoms with Crippen LogP contribution < -0.4 is 15.5 Å². The van der Waals surface area contributed by atoms with Crippen LogP contribution in [0.15, 0.2) is 53.6 Å². The number of nitrogens with one attached hydrogen (secondary N) is 2. The zero-order valence-electron chi connectivity index (χ0n) is 17.8. The number of ether oxygens (including phenoxy) is 1. The lowest BCUT2D eigenvalue weighted by atomic mass is 10.2. The number of hydrogen-bond donors (Lipinski definition) is 2. The van der Waals surface area contributed by atoms with Gasteiger partial charge < -0.3 is 14.6 Å². The van der Waals surface area contributed by atoms with Crippen molar-refractivity contribution in [3.63, 3.8) is 0 Å². The smallest absolute Gasteiger partial charge is 0.329 e. The maximum Gasteiger partial charge on any atom is 0.329 e. The predicted octanol–water partition coefficient (Wildman–Crippen LogP) is 4.18. The maximum absolute atomic E-state index is 12.0. The van der Waals surface area contributed by atoms with Crippen LogP contribution in [0.2, 0.25) is 10.0 Å². The van der Waals surface area contributed by atoms with E-state index >= 15 is 0 Å². The van der Waals surface area contributed by atoms with Crippen molar-refractivity contribution in [2.75, 3.05) is 7.11 Å². The average molecular weight is 473 g/mol. The van der Waals surface area contributed by atoms with Crippen LogP contribution in [-0.4, -0.2) is 29.7 Å². The summed E-state index contributed by atoms with van der Waals surface area (Å²) in [5, 5.41) is 7.53. The van der Waals surface area contributed by atoms with Gasteiger partial charge in [-0.3, -0.25) is 9.59 Å². The zero-order valence-corrected chi connectivity index (χ0v) is 19.3. The molecule has 0 unspecified atom stereocenters. The third-order valence-electron chi connectivity index (χ3n) is 4.81. The van der Waals surface area contributed by atoms with Gasteiger partial charge in [-0.05, 0) is 55.8 Å². The molecule has 0 aliphatic rings. The molecule has 2 N–H and O–H groups in total. The Bertz CT molecular complexity index is 1170. The number of methoxy groups -OCH3 is 1. The summed E-state index contributed by atoms with van der Waals surface area (Å²) in [5.74, 6) is -0.925. The maximum atomic E-state index is 12.0. The number of nitrogens with zero attached hydrogens (tertiary/aromatic N) is 2. The number of benzene rings is 2. The quantitative estimate of drug-likeness (QED) is 0.320. The Kier molecular flexibility index (Phi) is 7.56. The van der Waals surface area contributed by atoms with Gasteiger partial charge in [0.15, 0.2) is 0 Å². The molecule has 0 aliphatic carbocycles. The van der Waals surface area contributed by atoms with E-state index in [0.29, 0.717) is 15.8 Å². The van der Waals surface area contributed by atoms with Crippen LogP contribution >= 0.6 is 23.2 Å². The molecule has 0 saturated carbocycles. The lowest BCUT2D eigenvalue weighted by Gasteiger charge is -2.11. The van der Waals surface area contributed by atoms with Crippen molar-refractivity contribution in [2.45, 2.75) is 20.4 Å². The highest BCUT2D eigenvalue weighted by atomic mass is 35.5.